The van der Waals surface area contributed by atoms with Gasteiger partial charge in [0.1, 0.15) is 0 Å². The SMILES string of the molecule is O=C(C=Cc1ccc(Sc2cccc(NCC3CCNCC3)c2)c(C(F)(F)F)c1C(F)(F)F)N1CCOCC1. The van der Waals surface area contributed by atoms with Gasteiger partial charge in [-0.15, -0.1) is 0 Å². The first-order valence-electron chi connectivity index (χ1n) is 12.6. The summed E-state index contributed by atoms with van der Waals surface area (Å²) >= 11 is 0.620. The van der Waals surface area contributed by atoms with Gasteiger partial charge in [-0.25, -0.2) is 0 Å². The van der Waals surface area contributed by atoms with E-state index in [4.69, 9.17) is 4.74 Å². The van der Waals surface area contributed by atoms with Gasteiger partial charge in [-0.2, -0.15) is 26.3 Å². The predicted molar refractivity (Wildman–Crippen MR) is 138 cm³/mol. The van der Waals surface area contributed by atoms with Crippen molar-refractivity contribution in [2.45, 2.75) is 35.0 Å². The number of hydrogen-bond donors (Lipinski definition) is 2. The van der Waals surface area contributed by atoms with Gasteiger partial charge in [0.2, 0.25) is 5.91 Å². The third-order valence-corrected chi connectivity index (χ3v) is 7.66. The molecule has 4 rings (SSSR count). The van der Waals surface area contributed by atoms with Crippen LogP contribution >= 0.6 is 11.8 Å². The maximum atomic E-state index is 14.2. The molecule has 2 aromatic carbocycles. The van der Waals surface area contributed by atoms with E-state index in [2.05, 4.69) is 10.6 Å². The van der Waals surface area contributed by atoms with Crippen molar-refractivity contribution in [1.29, 1.82) is 0 Å². The van der Waals surface area contributed by atoms with E-state index >= 15 is 0 Å². The molecule has 5 nitrogen and oxygen atoms in total. The Kier molecular flexibility index (Phi) is 9.50. The number of carbonyl (C=O) groups is 1. The quantitative estimate of drug-likeness (QED) is 0.307. The van der Waals surface area contributed by atoms with Crippen LogP contribution in [0.3, 0.4) is 0 Å². The van der Waals surface area contributed by atoms with Crippen molar-refractivity contribution < 1.29 is 35.9 Å². The van der Waals surface area contributed by atoms with Crippen LogP contribution in [0.5, 0.6) is 0 Å². The highest BCUT2D eigenvalue weighted by Gasteiger charge is 2.46. The predicted octanol–water partition coefficient (Wildman–Crippen LogP) is 6.16. The second-order valence-electron chi connectivity index (χ2n) is 9.37. The minimum absolute atomic E-state index is 0.254. The van der Waals surface area contributed by atoms with Crippen molar-refractivity contribution in [3.05, 3.63) is 59.2 Å². The van der Waals surface area contributed by atoms with Gasteiger partial charge in [0.15, 0.2) is 0 Å². The van der Waals surface area contributed by atoms with Crippen molar-refractivity contribution in [2.75, 3.05) is 51.3 Å². The number of ether oxygens (including phenoxy) is 1. The van der Waals surface area contributed by atoms with Crippen LogP contribution in [0.4, 0.5) is 32.0 Å². The number of benzene rings is 2. The summed E-state index contributed by atoms with van der Waals surface area (Å²) in [4.78, 5) is 13.5. The third kappa shape index (κ3) is 7.92. The normalized spacial score (nSPS) is 17.5. The number of hydrogen-bond acceptors (Lipinski definition) is 5. The van der Waals surface area contributed by atoms with E-state index in [0.717, 1.165) is 50.2 Å². The van der Waals surface area contributed by atoms with E-state index in [1.54, 1.807) is 24.3 Å². The lowest BCUT2D eigenvalue weighted by atomic mass is 9.98. The highest BCUT2D eigenvalue weighted by atomic mass is 32.2. The number of nitrogens with zero attached hydrogens (tertiary/aromatic N) is 1. The Balaban J connectivity index is 1.61. The van der Waals surface area contributed by atoms with Crippen LogP contribution in [-0.2, 0) is 21.9 Å². The first kappa shape index (κ1) is 29.3. The number of halogens is 6. The van der Waals surface area contributed by atoms with Crippen LogP contribution in [0.1, 0.15) is 29.5 Å². The van der Waals surface area contributed by atoms with Crippen molar-refractivity contribution in [3.63, 3.8) is 0 Å². The van der Waals surface area contributed by atoms with E-state index in [-0.39, 0.29) is 26.3 Å². The number of piperidine rings is 1. The zero-order chi connectivity index (χ0) is 28.0. The van der Waals surface area contributed by atoms with E-state index in [0.29, 0.717) is 34.8 Å². The van der Waals surface area contributed by atoms with Crippen molar-refractivity contribution in [2.24, 2.45) is 5.92 Å². The molecule has 2 aliphatic rings. The summed E-state index contributed by atoms with van der Waals surface area (Å²) in [6, 6.07) is 8.62. The van der Waals surface area contributed by atoms with Crippen molar-refractivity contribution in [3.8, 4) is 0 Å². The summed E-state index contributed by atoms with van der Waals surface area (Å²) in [5.41, 5.74) is -3.62. The highest BCUT2D eigenvalue weighted by Crippen LogP contribution is 2.48. The van der Waals surface area contributed by atoms with Gasteiger partial charge in [-0.05, 0) is 67.8 Å². The molecule has 0 radical (unpaired) electrons. The van der Waals surface area contributed by atoms with Gasteiger partial charge in [-0.1, -0.05) is 23.9 Å². The second kappa shape index (κ2) is 12.6. The Morgan fingerprint density at radius 1 is 1.03 bits per heavy atom. The number of rotatable bonds is 7. The molecule has 2 aliphatic heterocycles. The Morgan fingerprint density at radius 3 is 2.38 bits per heavy atom. The van der Waals surface area contributed by atoms with Crippen LogP contribution in [-0.4, -0.2) is 56.7 Å². The lowest BCUT2D eigenvalue weighted by molar-refractivity contribution is -0.163. The molecule has 39 heavy (non-hydrogen) atoms. The zero-order valence-corrected chi connectivity index (χ0v) is 21.8. The number of alkyl halides is 6. The van der Waals surface area contributed by atoms with Crippen LogP contribution < -0.4 is 10.6 Å². The lowest BCUT2D eigenvalue weighted by Gasteiger charge is -2.25. The Bertz CT molecular complexity index is 1170. The average molecular weight is 574 g/mol. The Labute approximate surface area is 227 Å². The minimum Gasteiger partial charge on any atom is -0.385 e. The number of amides is 1. The molecular weight excluding hydrogens is 544 g/mol. The molecule has 2 fully saturated rings. The topological polar surface area (TPSA) is 53.6 Å². The van der Waals surface area contributed by atoms with Crippen molar-refractivity contribution in [1.82, 2.24) is 10.2 Å². The molecule has 2 heterocycles. The highest BCUT2D eigenvalue weighted by molar-refractivity contribution is 7.99. The van der Waals surface area contributed by atoms with Gasteiger partial charge >= 0.3 is 12.4 Å². The maximum absolute atomic E-state index is 14.2. The van der Waals surface area contributed by atoms with E-state index in [1.807, 2.05) is 0 Å². The average Bonchev–Trinajstić information content (AvgIpc) is 2.91. The number of nitrogens with one attached hydrogen (secondary N) is 2. The van der Waals surface area contributed by atoms with E-state index in [9.17, 15) is 31.1 Å². The molecule has 12 heteroatoms. The zero-order valence-electron chi connectivity index (χ0n) is 21.0. The fourth-order valence-electron chi connectivity index (χ4n) is 4.61. The standard InChI is InChI=1S/C27H29F6N3O2S/c28-26(29,30)24-19(5-7-23(37)36-12-14-38-15-13-36)4-6-22(25(24)27(31,32)33)39-21-3-1-2-20(16-21)35-17-18-8-10-34-11-9-18/h1-7,16,18,34-35H,8-15,17H2. The van der Waals surface area contributed by atoms with Crippen LogP contribution in [0, 0.1) is 5.92 Å². The molecule has 2 N–H and O–H groups in total. The first-order chi connectivity index (χ1) is 18.5. The van der Waals surface area contributed by atoms with E-state index in [1.165, 1.54) is 4.90 Å². The molecule has 0 aliphatic carbocycles. The minimum atomic E-state index is -5.30. The van der Waals surface area contributed by atoms with Gasteiger partial charge in [0, 0.05) is 41.2 Å². The summed E-state index contributed by atoms with van der Waals surface area (Å²) in [5, 5.41) is 6.57. The fourth-order valence-corrected chi connectivity index (χ4v) is 5.65. The smallest absolute Gasteiger partial charge is 0.385 e. The molecule has 0 atom stereocenters. The Morgan fingerprint density at radius 2 is 1.72 bits per heavy atom. The van der Waals surface area contributed by atoms with Crippen LogP contribution in [0.15, 0.2) is 52.3 Å². The van der Waals surface area contributed by atoms with Gasteiger partial charge in [0.25, 0.3) is 0 Å². The summed E-state index contributed by atoms with van der Waals surface area (Å²) in [6.07, 6.45) is -6.89. The van der Waals surface area contributed by atoms with E-state index < -0.39 is 39.8 Å². The largest absolute Gasteiger partial charge is 0.418 e. The summed E-state index contributed by atoms with van der Waals surface area (Å²) in [6.45, 7) is 3.63. The van der Waals surface area contributed by atoms with Gasteiger partial charge in [-0.3, -0.25) is 4.79 Å². The number of carbonyl (C=O) groups excluding carboxylic acids is 1. The molecule has 0 spiro atoms. The molecule has 0 saturated carbocycles. The molecule has 212 valence electrons. The molecule has 0 aromatic heterocycles. The summed E-state index contributed by atoms with van der Waals surface area (Å²) in [7, 11) is 0. The molecule has 0 bridgehead atoms. The number of anilines is 1. The molecule has 2 saturated heterocycles. The summed E-state index contributed by atoms with van der Waals surface area (Å²) in [5.74, 6) is -0.128. The van der Waals surface area contributed by atoms with Crippen molar-refractivity contribution >= 4 is 29.4 Å². The van der Waals surface area contributed by atoms with Gasteiger partial charge in [0.05, 0.1) is 24.3 Å². The lowest BCUT2D eigenvalue weighted by Crippen LogP contribution is -2.39. The first-order valence-corrected chi connectivity index (χ1v) is 13.4. The molecule has 1 amide bonds. The fraction of sp³-hybridized carbons (Fsp3) is 0.444. The molecule has 0 unspecified atom stereocenters. The van der Waals surface area contributed by atoms with Crippen LogP contribution in [0.25, 0.3) is 6.08 Å². The Hall–Kier alpha value is -2.70. The summed E-state index contributed by atoms with van der Waals surface area (Å²) < 4.78 is 90.0. The van der Waals surface area contributed by atoms with Crippen LogP contribution in [0.2, 0.25) is 0 Å². The monoisotopic (exact) mass is 573 g/mol. The second-order valence-corrected chi connectivity index (χ2v) is 10.5. The maximum Gasteiger partial charge on any atom is 0.418 e. The molecular formula is C27H29F6N3O2S. The molecule has 2 aromatic rings. The third-order valence-electron chi connectivity index (χ3n) is 6.61. The van der Waals surface area contributed by atoms with Gasteiger partial charge < -0.3 is 20.3 Å². The number of morpholine rings is 1.